The van der Waals surface area contributed by atoms with Crippen molar-refractivity contribution in [3.8, 4) is 0 Å². The molecule has 0 aliphatic heterocycles. The first-order chi connectivity index (χ1) is 11.5. The number of nitrogens with zero attached hydrogens (tertiary/aromatic N) is 2. The number of guanidine groups is 1. The first-order valence-electron chi connectivity index (χ1n) is 8.43. The molecule has 1 heterocycles. The molecule has 0 saturated heterocycles. The molecule has 1 rings (SSSR count). The summed E-state index contributed by atoms with van der Waals surface area (Å²) >= 11 is 1.66. The lowest BCUT2D eigenvalue weighted by Gasteiger charge is -2.29. The molecule has 0 unspecified atom stereocenters. The lowest BCUT2D eigenvalue weighted by atomic mass is 10.1. The van der Waals surface area contributed by atoms with Crippen molar-refractivity contribution < 1.29 is 9.53 Å². The van der Waals surface area contributed by atoms with Gasteiger partial charge in [0.1, 0.15) is 5.60 Å². The van der Waals surface area contributed by atoms with Crippen LogP contribution in [0.2, 0.25) is 0 Å². The molecular weight excluding hydrogens is 338 g/mol. The van der Waals surface area contributed by atoms with Crippen LogP contribution >= 0.6 is 11.3 Å². The molecule has 0 saturated carbocycles. The van der Waals surface area contributed by atoms with Crippen molar-refractivity contribution in [2.45, 2.75) is 65.6 Å². The Morgan fingerprint density at radius 1 is 1.28 bits per heavy atom. The van der Waals surface area contributed by atoms with Gasteiger partial charge < -0.3 is 20.7 Å². The average molecular weight is 370 g/mol. The van der Waals surface area contributed by atoms with E-state index in [9.17, 15) is 4.79 Å². The van der Waals surface area contributed by atoms with Crippen LogP contribution in [-0.2, 0) is 17.7 Å². The summed E-state index contributed by atoms with van der Waals surface area (Å²) in [6, 6.07) is 0. The van der Waals surface area contributed by atoms with E-state index in [0.29, 0.717) is 19.0 Å². The van der Waals surface area contributed by atoms with Gasteiger partial charge in [-0.15, -0.1) is 11.3 Å². The van der Waals surface area contributed by atoms with Gasteiger partial charge >= 0.3 is 6.09 Å². The maximum Gasteiger partial charge on any atom is 0.408 e. The molecular formula is C17H31N5O2S. The van der Waals surface area contributed by atoms with E-state index >= 15 is 0 Å². The quantitative estimate of drug-likeness (QED) is 0.530. The number of nitrogens with one attached hydrogen (secondary N) is 3. The minimum absolute atomic E-state index is 0.434. The minimum Gasteiger partial charge on any atom is -0.444 e. The molecule has 0 bridgehead atoms. The summed E-state index contributed by atoms with van der Waals surface area (Å²) in [6.07, 6.45) is 0.513. The van der Waals surface area contributed by atoms with Crippen LogP contribution in [0.3, 0.4) is 0 Å². The van der Waals surface area contributed by atoms with Crippen LogP contribution in [0.4, 0.5) is 4.79 Å². The van der Waals surface area contributed by atoms with Crippen LogP contribution in [0.5, 0.6) is 0 Å². The molecule has 1 aromatic rings. The lowest BCUT2D eigenvalue weighted by Crippen LogP contribution is -2.54. The number of amides is 1. The van der Waals surface area contributed by atoms with Crippen molar-refractivity contribution in [3.05, 3.63) is 16.1 Å². The Morgan fingerprint density at radius 3 is 2.48 bits per heavy atom. The summed E-state index contributed by atoms with van der Waals surface area (Å²) in [4.78, 5) is 20.6. The van der Waals surface area contributed by atoms with E-state index < -0.39 is 17.2 Å². The Labute approximate surface area is 154 Å². The number of aryl methyl sites for hydroxylation is 1. The monoisotopic (exact) mass is 369 g/mol. The van der Waals surface area contributed by atoms with Crippen LogP contribution < -0.4 is 16.0 Å². The van der Waals surface area contributed by atoms with Crippen LogP contribution in [0.1, 0.15) is 52.2 Å². The Morgan fingerprint density at radius 2 is 1.96 bits per heavy atom. The zero-order valence-corrected chi connectivity index (χ0v) is 17.1. The van der Waals surface area contributed by atoms with Crippen molar-refractivity contribution in [1.82, 2.24) is 20.9 Å². The third-order valence-corrected chi connectivity index (χ3v) is 4.14. The minimum atomic E-state index is -0.518. The van der Waals surface area contributed by atoms with Gasteiger partial charge in [0.25, 0.3) is 0 Å². The van der Waals surface area contributed by atoms with Crippen LogP contribution in [0.25, 0.3) is 0 Å². The van der Waals surface area contributed by atoms with Gasteiger partial charge in [-0.25, -0.2) is 9.78 Å². The van der Waals surface area contributed by atoms with E-state index in [1.807, 2.05) is 40.0 Å². The van der Waals surface area contributed by atoms with E-state index in [0.717, 1.165) is 17.1 Å². The van der Waals surface area contributed by atoms with Gasteiger partial charge in [-0.1, -0.05) is 6.92 Å². The molecule has 0 aliphatic carbocycles. The number of hydrogen-bond donors (Lipinski definition) is 3. The Hall–Kier alpha value is -1.83. The smallest absolute Gasteiger partial charge is 0.408 e. The van der Waals surface area contributed by atoms with Crippen molar-refractivity contribution in [2.75, 3.05) is 13.6 Å². The van der Waals surface area contributed by atoms with Crippen molar-refractivity contribution in [3.63, 3.8) is 0 Å². The van der Waals surface area contributed by atoms with E-state index in [-0.39, 0.29) is 0 Å². The molecule has 142 valence electrons. The molecule has 25 heavy (non-hydrogen) atoms. The number of ether oxygens (including phenoxy) is 1. The van der Waals surface area contributed by atoms with Gasteiger partial charge in [-0.3, -0.25) is 4.99 Å². The molecule has 8 heteroatoms. The van der Waals surface area contributed by atoms with Crippen molar-refractivity contribution in [2.24, 2.45) is 4.99 Å². The Kier molecular flexibility index (Phi) is 7.66. The van der Waals surface area contributed by atoms with Crippen LogP contribution in [-0.4, -0.2) is 41.8 Å². The number of carbonyl (C=O) groups excluding carboxylic acids is 1. The van der Waals surface area contributed by atoms with Crippen LogP contribution in [0, 0.1) is 0 Å². The van der Waals surface area contributed by atoms with Gasteiger partial charge in [0.15, 0.2) is 5.96 Å². The van der Waals surface area contributed by atoms with E-state index in [4.69, 9.17) is 4.74 Å². The number of hydrogen-bond acceptors (Lipinski definition) is 5. The topological polar surface area (TPSA) is 87.6 Å². The zero-order valence-electron chi connectivity index (χ0n) is 16.3. The fourth-order valence-corrected chi connectivity index (χ4v) is 2.66. The third kappa shape index (κ3) is 8.72. The molecule has 0 atom stereocenters. The standard InChI is InChI=1S/C17H31N5O2S/c1-8-13-21-12(10-25-13)9-19-14(18-7)20-11-17(5,6)22-15(23)24-16(2,3)4/h10H,8-9,11H2,1-7H3,(H,22,23)(H2,18,19,20). The molecule has 0 aliphatic rings. The van der Waals surface area contributed by atoms with Crippen LogP contribution in [0.15, 0.2) is 10.4 Å². The number of carbonyl (C=O) groups is 1. The summed E-state index contributed by atoms with van der Waals surface area (Å²) in [5.41, 5.74) is -0.0117. The zero-order chi connectivity index (χ0) is 19.1. The maximum atomic E-state index is 11.9. The number of alkyl carbamates (subject to hydrolysis) is 1. The highest BCUT2D eigenvalue weighted by atomic mass is 32.1. The van der Waals surface area contributed by atoms with Crippen molar-refractivity contribution in [1.29, 1.82) is 0 Å². The third-order valence-electron chi connectivity index (χ3n) is 3.10. The van der Waals surface area contributed by atoms with Gasteiger partial charge in [0.2, 0.25) is 0 Å². The first-order valence-corrected chi connectivity index (χ1v) is 9.31. The van der Waals surface area contributed by atoms with Gasteiger partial charge in [-0.2, -0.15) is 0 Å². The molecule has 7 nitrogen and oxygen atoms in total. The lowest BCUT2D eigenvalue weighted by molar-refractivity contribution is 0.0474. The number of rotatable bonds is 6. The molecule has 0 fully saturated rings. The number of aromatic nitrogens is 1. The fourth-order valence-electron chi connectivity index (χ4n) is 1.92. The molecule has 0 spiro atoms. The Balaban J connectivity index is 2.45. The fraction of sp³-hybridized carbons (Fsp3) is 0.706. The highest BCUT2D eigenvalue weighted by Crippen LogP contribution is 2.10. The van der Waals surface area contributed by atoms with E-state index in [2.05, 4.69) is 32.9 Å². The summed E-state index contributed by atoms with van der Waals surface area (Å²) in [7, 11) is 1.71. The second-order valence-electron chi connectivity index (χ2n) is 7.38. The second kappa shape index (κ2) is 9.03. The number of aliphatic imine (C=N–C) groups is 1. The summed E-state index contributed by atoms with van der Waals surface area (Å²) in [5, 5.41) is 12.5. The highest BCUT2D eigenvalue weighted by Gasteiger charge is 2.24. The van der Waals surface area contributed by atoms with E-state index in [1.54, 1.807) is 18.4 Å². The maximum absolute atomic E-state index is 11.9. The van der Waals surface area contributed by atoms with E-state index in [1.165, 1.54) is 0 Å². The summed E-state index contributed by atoms with van der Waals surface area (Å²) < 4.78 is 5.29. The van der Waals surface area contributed by atoms with Gasteiger partial charge in [0.05, 0.1) is 22.8 Å². The molecule has 3 N–H and O–H groups in total. The summed E-state index contributed by atoms with van der Waals surface area (Å²) in [6.45, 7) is 12.6. The van der Waals surface area contributed by atoms with Gasteiger partial charge in [0, 0.05) is 19.0 Å². The first kappa shape index (κ1) is 21.2. The van der Waals surface area contributed by atoms with Gasteiger partial charge in [-0.05, 0) is 41.0 Å². The normalized spacial score (nSPS) is 12.7. The second-order valence-corrected chi connectivity index (χ2v) is 8.32. The molecule has 0 radical (unpaired) electrons. The number of thiazole rings is 1. The average Bonchev–Trinajstić information content (AvgIpc) is 2.92. The predicted octanol–water partition coefficient (Wildman–Crippen LogP) is 2.67. The highest BCUT2D eigenvalue weighted by molar-refractivity contribution is 7.09. The Bertz CT molecular complexity index is 590. The van der Waals surface area contributed by atoms with Crippen molar-refractivity contribution >= 4 is 23.4 Å². The molecule has 1 aromatic heterocycles. The largest absolute Gasteiger partial charge is 0.444 e. The predicted molar refractivity (Wildman–Crippen MR) is 103 cm³/mol. The summed E-state index contributed by atoms with van der Waals surface area (Å²) in [5.74, 6) is 0.658. The molecule has 1 amide bonds. The molecule has 0 aromatic carbocycles. The SMILES string of the molecule is CCc1nc(CNC(=NC)NCC(C)(C)NC(=O)OC(C)(C)C)cs1.